The largest absolute Gasteiger partial charge is 0.368 e. The molecule has 2 atom stereocenters. The van der Waals surface area contributed by atoms with E-state index in [1.165, 1.54) is 30.9 Å². The van der Waals surface area contributed by atoms with Gasteiger partial charge in [-0.05, 0) is 48.7 Å². The molecule has 2 aromatic carbocycles. The molecule has 0 aromatic heterocycles. The zero-order valence-corrected chi connectivity index (χ0v) is 14.1. The van der Waals surface area contributed by atoms with E-state index in [1.807, 2.05) is 0 Å². The average molecular weight is 335 g/mol. The first kappa shape index (κ1) is 16.5. The number of piperidine rings is 1. The lowest BCUT2D eigenvalue weighted by Gasteiger charge is -2.37. The van der Waals surface area contributed by atoms with E-state index >= 15 is 0 Å². The third kappa shape index (κ3) is 2.81. The minimum Gasteiger partial charge on any atom is -0.368 e. The molecule has 132 valence electrons. The first-order chi connectivity index (χ1) is 11.9. The summed E-state index contributed by atoms with van der Waals surface area (Å²) in [7, 11) is 0. The Morgan fingerprint density at radius 3 is 1.92 bits per heavy atom. The Hall–Kier alpha value is -2.00. The molecule has 1 saturated carbocycles. The maximum absolute atomic E-state index is 3.54. The van der Waals surface area contributed by atoms with Crippen molar-refractivity contribution in [1.29, 1.82) is 0 Å². The predicted molar refractivity (Wildman–Crippen MR) is 107 cm³/mol. The topological polar surface area (TPSA) is 18.5 Å². The summed E-state index contributed by atoms with van der Waals surface area (Å²) < 4.78 is 0. The number of piperazine rings is 1. The number of hydrogen-bond donors (Lipinski definition) is 1. The van der Waals surface area contributed by atoms with E-state index in [2.05, 4.69) is 69.7 Å². The highest BCUT2D eigenvalue weighted by Crippen LogP contribution is 2.56. The van der Waals surface area contributed by atoms with Gasteiger partial charge in [0.05, 0.1) is 0 Å². The van der Waals surface area contributed by atoms with Crippen molar-refractivity contribution in [2.45, 2.75) is 19.3 Å². The van der Waals surface area contributed by atoms with Crippen molar-refractivity contribution in [3.63, 3.8) is 0 Å². The van der Waals surface area contributed by atoms with Gasteiger partial charge in [-0.1, -0.05) is 37.8 Å². The Labute approximate surface area is 151 Å². The SMILES string of the molecule is C.c1ccc(N2CCN(c3ccc(C45CNCC4C5)cc3)CC2)cc1. The van der Waals surface area contributed by atoms with Crippen molar-refractivity contribution in [2.75, 3.05) is 49.1 Å². The molecule has 1 aliphatic carbocycles. The molecule has 2 aromatic rings. The Kier molecular flexibility index (Phi) is 4.20. The fourth-order valence-electron chi connectivity index (χ4n) is 4.66. The molecule has 2 heterocycles. The number of rotatable bonds is 3. The molecule has 0 radical (unpaired) electrons. The van der Waals surface area contributed by atoms with Crippen molar-refractivity contribution >= 4 is 11.4 Å². The van der Waals surface area contributed by atoms with Crippen LogP contribution in [0.2, 0.25) is 0 Å². The van der Waals surface area contributed by atoms with E-state index in [0.717, 1.165) is 32.1 Å². The summed E-state index contributed by atoms with van der Waals surface area (Å²) >= 11 is 0. The number of benzene rings is 2. The maximum Gasteiger partial charge on any atom is 0.0367 e. The first-order valence-corrected chi connectivity index (χ1v) is 9.21. The molecule has 25 heavy (non-hydrogen) atoms. The Balaban J connectivity index is 0.00000157. The van der Waals surface area contributed by atoms with E-state index in [1.54, 1.807) is 5.56 Å². The van der Waals surface area contributed by atoms with Gasteiger partial charge < -0.3 is 15.1 Å². The van der Waals surface area contributed by atoms with Crippen LogP contribution in [0.25, 0.3) is 0 Å². The van der Waals surface area contributed by atoms with Crippen molar-refractivity contribution in [2.24, 2.45) is 5.92 Å². The second-order valence-electron chi connectivity index (χ2n) is 7.54. The van der Waals surface area contributed by atoms with E-state index in [0.29, 0.717) is 5.41 Å². The molecule has 0 amide bonds. The maximum atomic E-state index is 3.54. The van der Waals surface area contributed by atoms with E-state index < -0.39 is 0 Å². The number of nitrogens with zero attached hydrogens (tertiary/aromatic N) is 2. The van der Waals surface area contributed by atoms with Crippen LogP contribution >= 0.6 is 0 Å². The molecule has 5 rings (SSSR count). The van der Waals surface area contributed by atoms with Crippen LogP contribution < -0.4 is 15.1 Å². The van der Waals surface area contributed by atoms with Crippen LogP contribution in [0, 0.1) is 5.92 Å². The minimum absolute atomic E-state index is 0. The van der Waals surface area contributed by atoms with E-state index in [4.69, 9.17) is 0 Å². The first-order valence-electron chi connectivity index (χ1n) is 9.21. The summed E-state index contributed by atoms with van der Waals surface area (Å²) in [5.41, 5.74) is 4.75. The van der Waals surface area contributed by atoms with Crippen LogP contribution in [0.5, 0.6) is 0 Å². The van der Waals surface area contributed by atoms with Gasteiger partial charge >= 0.3 is 0 Å². The Morgan fingerprint density at radius 1 is 0.800 bits per heavy atom. The van der Waals surface area contributed by atoms with Gasteiger partial charge in [0.2, 0.25) is 0 Å². The predicted octanol–water partition coefficient (Wildman–Crippen LogP) is 3.51. The van der Waals surface area contributed by atoms with Crippen molar-refractivity contribution in [3.05, 3.63) is 60.2 Å². The van der Waals surface area contributed by atoms with Crippen LogP contribution in [0.3, 0.4) is 0 Å². The molecular weight excluding hydrogens is 306 g/mol. The molecule has 2 aliphatic heterocycles. The van der Waals surface area contributed by atoms with Gasteiger partial charge in [-0.15, -0.1) is 0 Å². The van der Waals surface area contributed by atoms with Gasteiger partial charge in [0.25, 0.3) is 0 Å². The molecule has 2 unspecified atom stereocenters. The van der Waals surface area contributed by atoms with E-state index in [-0.39, 0.29) is 7.43 Å². The summed E-state index contributed by atoms with van der Waals surface area (Å²) in [6.45, 7) is 6.78. The highest BCUT2D eigenvalue weighted by Gasteiger charge is 2.57. The van der Waals surface area contributed by atoms with Crippen LogP contribution in [-0.4, -0.2) is 39.3 Å². The Morgan fingerprint density at radius 2 is 1.40 bits per heavy atom. The lowest BCUT2D eigenvalue weighted by molar-refractivity contribution is 0.652. The normalized spacial score (nSPS) is 27.6. The fourth-order valence-corrected chi connectivity index (χ4v) is 4.66. The third-order valence-corrected chi connectivity index (χ3v) is 6.27. The van der Waals surface area contributed by atoms with Crippen LogP contribution in [0.1, 0.15) is 19.4 Å². The lowest BCUT2D eigenvalue weighted by atomic mass is 9.95. The zero-order chi connectivity index (χ0) is 16.0. The van der Waals surface area contributed by atoms with E-state index in [9.17, 15) is 0 Å². The second-order valence-corrected chi connectivity index (χ2v) is 7.54. The van der Waals surface area contributed by atoms with Crippen molar-refractivity contribution in [3.8, 4) is 0 Å². The molecule has 2 saturated heterocycles. The molecule has 0 spiro atoms. The molecular formula is C22H29N3. The van der Waals surface area contributed by atoms with Gasteiger partial charge in [-0.2, -0.15) is 0 Å². The van der Waals surface area contributed by atoms with Gasteiger partial charge in [0, 0.05) is 49.5 Å². The van der Waals surface area contributed by atoms with Crippen LogP contribution in [0.4, 0.5) is 11.4 Å². The highest BCUT2D eigenvalue weighted by atomic mass is 15.3. The van der Waals surface area contributed by atoms with Crippen molar-refractivity contribution in [1.82, 2.24) is 5.32 Å². The summed E-state index contributed by atoms with van der Waals surface area (Å²) in [5, 5.41) is 3.54. The van der Waals surface area contributed by atoms with Crippen LogP contribution in [-0.2, 0) is 5.41 Å². The average Bonchev–Trinajstić information content (AvgIpc) is 3.23. The molecule has 3 nitrogen and oxygen atoms in total. The molecule has 1 N–H and O–H groups in total. The standard InChI is InChI=1S/C21H25N3.CH4/c1-2-4-19(5-3-1)23-10-12-24(13-11-23)20-8-6-17(7-9-20)21-14-18(21)15-22-16-21;/h1-9,18,22H,10-16H2;1H4. The number of anilines is 2. The van der Waals surface area contributed by atoms with Gasteiger partial charge in [-0.25, -0.2) is 0 Å². The third-order valence-electron chi connectivity index (χ3n) is 6.27. The van der Waals surface area contributed by atoms with Gasteiger partial charge in [-0.3, -0.25) is 0 Å². The van der Waals surface area contributed by atoms with Gasteiger partial charge in [0.15, 0.2) is 0 Å². The number of nitrogens with one attached hydrogen (secondary N) is 1. The fraction of sp³-hybridized carbons (Fsp3) is 0.455. The summed E-state index contributed by atoms with van der Waals surface area (Å²) in [5.74, 6) is 0.887. The number of fused-ring (bicyclic) bond motifs is 1. The second kappa shape index (κ2) is 6.38. The minimum atomic E-state index is 0. The monoisotopic (exact) mass is 335 g/mol. The lowest BCUT2D eigenvalue weighted by Crippen LogP contribution is -2.46. The summed E-state index contributed by atoms with van der Waals surface area (Å²) in [4.78, 5) is 5.01. The highest BCUT2D eigenvalue weighted by molar-refractivity contribution is 5.53. The molecule has 0 bridgehead atoms. The number of hydrogen-bond acceptors (Lipinski definition) is 3. The van der Waals surface area contributed by atoms with Gasteiger partial charge in [0.1, 0.15) is 0 Å². The zero-order valence-electron chi connectivity index (χ0n) is 14.1. The quantitative estimate of drug-likeness (QED) is 0.926. The summed E-state index contributed by atoms with van der Waals surface area (Å²) in [6, 6.07) is 20.2. The summed E-state index contributed by atoms with van der Waals surface area (Å²) in [6.07, 6.45) is 1.38. The van der Waals surface area contributed by atoms with Crippen molar-refractivity contribution < 1.29 is 0 Å². The smallest absolute Gasteiger partial charge is 0.0367 e. The molecule has 3 fully saturated rings. The Bertz CT molecular complexity index is 704. The molecule has 3 heteroatoms. The molecule has 3 aliphatic rings. The number of para-hydroxylation sites is 1. The van der Waals surface area contributed by atoms with Crippen LogP contribution in [0.15, 0.2) is 54.6 Å².